The van der Waals surface area contributed by atoms with Gasteiger partial charge in [0.1, 0.15) is 18.2 Å². The van der Waals surface area contributed by atoms with Gasteiger partial charge in [-0.05, 0) is 37.6 Å². The van der Waals surface area contributed by atoms with Crippen molar-refractivity contribution in [2.75, 3.05) is 13.2 Å². The molecule has 0 aliphatic carbocycles. The lowest BCUT2D eigenvalue weighted by Gasteiger charge is -2.12. The van der Waals surface area contributed by atoms with Gasteiger partial charge in [-0.1, -0.05) is 36.0 Å². The molecule has 1 atom stereocenters. The molecule has 1 aromatic heterocycles. The van der Waals surface area contributed by atoms with Crippen molar-refractivity contribution in [3.63, 3.8) is 0 Å². The lowest BCUT2D eigenvalue weighted by atomic mass is 10.2. The second kappa shape index (κ2) is 6.87. The van der Waals surface area contributed by atoms with Crippen LogP contribution in [0.25, 0.3) is 10.9 Å². The third kappa shape index (κ3) is 3.14. The maximum atomic E-state index is 13.9. The van der Waals surface area contributed by atoms with Crippen LogP contribution < -0.4 is 10.1 Å². The number of rotatable bonds is 5. The Bertz CT molecular complexity index is 842. The van der Waals surface area contributed by atoms with Crippen LogP contribution in [0.3, 0.4) is 0 Å². The first-order chi connectivity index (χ1) is 11.8. The maximum absolute atomic E-state index is 13.9. The van der Waals surface area contributed by atoms with Gasteiger partial charge >= 0.3 is 0 Å². The maximum Gasteiger partial charge on any atom is 0.143 e. The molecule has 24 heavy (non-hydrogen) atoms. The highest BCUT2D eigenvalue weighted by Crippen LogP contribution is 2.37. The Morgan fingerprint density at radius 1 is 1.12 bits per heavy atom. The molecular weight excluding hydrogens is 323 g/mol. The number of ether oxygens (including phenoxy) is 1. The van der Waals surface area contributed by atoms with Gasteiger partial charge in [0.15, 0.2) is 0 Å². The van der Waals surface area contributed by atoms with Crippen molar-refractivity contribution in [3.05, 3.63) is 54.5 Å². The monoisotopic (exact) mass is 342 g/mol. The summed E-state index contributed by atoms with van der Waals surface area (Å²) in [4.78, 5) is 4.91. The van der Waals surface area contributed by atoms with E-state index in [1.165, 1.54) is 24.2 Å². The van der Waals surface area contributed by atoms with Gasteiger partial charge in [-0.2, -0.15) is 0 Å². The van der Waals surface area contributed by atoms with Crippen molar-refractivity contribution in [2.45, 2.75) is 28.7 Å². The Balaban J connectivity index is 1.57. The standard InChI is InChI=1S/C19H19FN2OS/c20-15-7-1-2-9-17(15)24-18-11-22-19-14(18)6-3-8-16(19)23-12-13-5-4-10-21-13/h1-3,6-9,11,13,21-22H,4-5,10,12H2. The number of aromatic nitrogens is 1. The van der Waals surface area contributed by atoms with E-state index >= 15 is 0 Å². The third-order valence-corrected chi connectivity index (χ3v) is 5.41. The second-order valence-corrected chi connectivity index (χ2v) is 7.05. The van der Waals surface area contributed by atoms with Crippen LogP contribution in [-0.2, 0) is 0 Å². The molecule has 2 aromatic carbocycles. The van der Waals surface area contributed by atoms with Crippen molar-refractivity contribution in [2.24, 2.45) is 0 Å². The highest BCUT2D eigenvalue weighted by molar-refractivity contribution is 7.99. The first-order valence-corrected chi connectivity index (χ1v) is 9.01. The third-order valence-electron chi connectivity index (χ3n) is 4.30. The SMILES string of the molecule is Fc1ccccc1Sc1c[nH]c2c(OCC3CCCN3)cccc12. The minimum absolute atomic E-state index is 0.198. The predicted octanol–water partition coefficient (Wildman–Crippen LogP) is 4.59. The number of H-pyrrole nitrogens is 1. The van der Waals surface area contributed by atoms with E-state index in [1.54, 1.807) is 12.1 Å². The van der Waals surface area contributed by atoms with Crippen LogP contribution in [0.5, 0.6) is 5.75 Å². The smallest absolute Gasteiger partial charge is 0.143 e. The summed E-state index contributed by atoms with van der Waals surface area (Å²) in [5.74, 6) is 0.651. The Labute approximate surface area is 144 Å². The average molecular weight is 342 g/mol. The van der Waals surface area contributed by atoms with Gasteiger partial charge in [0.2, 0.25) is 0 Å². The molecule has 124 valence electrons. The Hall–Kier alpha value is -1.98. The average Bonchev–Trinajstić information content (AvgIpc) is 3.25. The number of para-hydroxylation sites is 1. The minimum atomic E-state index is -0.198. The van der Waals surface area contributed by atoms with Gasteiger partial charge in [0, 0.05) is 27.4 Å². The van der Waals surface area contributed by atoms with Crippen LogP contribution in [0.2, 0.25) is 0 Å². The Morgan fingerprint density at radius 2 is 2.04 bits per heavy atom. The molecule has 1 aliphatic rings. The highest BCUT2D eigenvalue weighted by Gasteiger charge is 2.16. The Morgan fingerprint density at radius 3 is 2.88 bits per heavy atom. The largest absolute Gasteiger partial charge is 0.490 e. The molecular formula is C19H19FN2OS. The zero-order valence-corrected chi connectivity index (χ0v) is 14.0. The summed E-state index contributed by atoms with van der Waals surface area (Å²) in [6.45, 7) is 1.75. The highest BCUT2D eigenvalue weighted by atomic mass is 32.2. The van der Waals surface area contributed by atoms with Crippen molar-refractivity contribution < 1.29 is 9.13 Å². The zero-order chi connectivity index (χ0) is 16.4. The quantitative estimate of drug-likeness (QED) is 0.712. The van der Waals surface area contributed by atoms with Gasteiger partial charge in [0.25, 0.3) is 0 Å². The van der Waals surface area contributed by atoms with E-state index in [9.17, 15) is 4.39 Å². The number of aromatic amines is 1. The Kier molecular flexibility index (Phi) is 4.45. The van der Waals surface area contributed by atoms with Crippen LogP contribution in [0, 0.1) is 5.82 Å². The van der Waals surface area contributed by atoms with Gasteiger partial charge in [-0.15, -0.1) is 0 Å². The number of benzene rings is 2. The molecule has 1 saturated heterocycles. The molecule has 1 aliphatic heterocycles. The van der Waals surface area contributed by atoms with Crippen LogP contribution in [0.4, 0.5) is 4.39 Å². The lowest BCUT2D eigenvalue weighted by Crippen LogP contribution is -2.28. The fourth-order valence-electron chi connectivity index (χ4n) is 3.04. The van der Waals surface area contributed by atoms with Crippen molar-refractivity contribution in [1.82, 2.24) is 10.3 Å². The summed E-state index contributed by atoms with van der Waals surface area (Å²) in [6.07, 6.45) is 4.29. The molecule has 4 rings (SSSR count). The van der Waals surface area contributed by atoms with E-state index < -0.39 is 0 Å². The number of nitrogens with one attached hydrogen (secondary N) is 2. The van der Waals surface area contributed by atoms with E-state index in [4.69, 9.17) is 4.74 Å². The molecule has 0 amide bonds. The summed E-state index contributed by atoms with van der Waals surface area (Å²) in [5, 5.41) is 4.49. The van der Waals surface area contributed by atoms with Gasteiger partial charge < -0.3 is 15.0 Å². The summed E-state index contributed by atoms with van der Waals surface area (Å²) in [7, 11) is 0. The molecule has 0 spiro atoms. The van der Waals surface area contributed by atoms with Gasteiger partial charge in [0.05, 0.1) is 5.52 Å². The molecule has 0 saturated carbocycles. The van der Waals surface area contributed by atoms with Crippen LogP contribution in [0.15, 0.2) is 58.5 Å². The van der Waals surface area contributed by atoms with Gasteiger partial charge in [-0.25, -0.2) is 4.39 Å². The number of fused-ring (bicyclic) bond motifs is 1. The molecule has 1 fully saturated rings. The fraction of sp³-hybridized carbons (Fsp3) is 0.263. The molecule has 0 radical (unpaired) electrons. The van der Waals surface area contributed by atoms with Crippen molar-refractivity contribution in [3.8, 4) is 5.75 Å². The van der Waals surface area contributed by atoms with Crippen LogP contribution >= 0.6 is 11.8 Å². The van der Waals surface area contributed by atoms with E-state index in [0.717, 1.165) is 34.5 Å². The molecule has 3 aromatic rings. The van der Waals surface area contributed by atoms with Crippen LogP contribution in [0.1, 0.15) is 12.8 Å². The van der Waals surface area contributed by atoms with Gasteiger partial charge in [-0.3, -0.25) is 0 Å². The van der Waals surface area contributed by atoms with E-state index in [0.29, 0.717) is 17.5 Å². The molecule has 1 unspecified atom stereocenters. The topological polar surface area (TPSA) is 37.0 Å². The van der Waals surface area contributed by atoms with Crippen LogP contribution in [-0.4, -0.2) is 24.2 Å². The number of hydrogen-bond acceptors (Lipinski definition) is 3. The normalized spacial score (nSPS) is 17.5. The summed E-state index contributed by atoms with van der Waals surface area (Å²) in [5.41, 5.74) is 0.967. The summed E-state index contributed by atoms with van der Waals surface area (Å²) < 4.78 is 19.9. The summed E-state index contributed by atoms with van der Waals surface area (Å²) >= 11 is 1.43. The van der Waals surface area contributed by atoms with Crippen molar-refractivity contribution in [1.29, 1.82) is 0 Å². The summed E-state index contributed by atoms with van der Waals surface area (Å²) in [6, 6.07) is 13.3. The molecule has 3 nitrogen and oxygen atoms in total. The predicted molar refractivity (Wildman–Crippen MR) is 95.3 cm³/mol. The second-order valence-electron chi connectivity index (χ2n) is 5.97. The fourth-order valence-corrected chi connectivity index (χ4v) is 3.99. The zero-order valence-electron chi connectivity index (χ0n) is 13.2. The molecule has 2 N–H and O–H groups in total. The first kappa shape index (κ1) is 15.5. The lowest BCUT2D eigenvalue weighted by molar-refractivity contribution is 0.280. The van der Waals surface area contributed by atoms with E-state index in [-0.39, 0.29) is 5.82 Å². The number of hydrogen-bond donors (Lipinski definition) is 2. The molecule has 2 heterocycles. The van der Waals surface area contributed by atoms with E-state index in [2.05, 4.69) is 10.3 Å². The first-order valence-electron chi connectivity index (χ1n) is 8.20. The minimum Gasteiger partial charge on any atom is -0.490 e. The molecule has 0 bridgehead atoms. The van der Waals surface area contributed by atoms with E-state index in [1.807, 2.05) is 30.5 Å². The van der Waals surface area contributed by atoms with Crippen molar-refractivity contribution >= 4 is 22.7 Å². The molecule has 5 heteroatoms. The number of halogens is 1.